The first-order valence-corrected chi connectivity index (χ1v) is 6.61. The zero-order valence-corrected chi connectivity index (χ0v) is 11.6. The third kappa shape index (κ3) is 1.97. The number of likely N-dealkylation sites (N-methyl/N-ethyl adjacent to an activating group) is 1. The minimum absolute atomic E-state index is 0.167. The Morgan fingerprint density at radius 2 is 2.22 bits per heavy atom. The van der Waals surface area contributed by atoms with E-state index in [-0.39, 0.29) is 6.04 Å². The van der Waals surface area contributed by atoms with Crippen molar-refractivity contribution in [3.63, 3.8) is 0 Å². The van der Waals surface area contributed by atoms with E-state index in [0.29, 0.717) is 6.61 Å². The second-order valence-electron chi connectivity index (χ2n) is 4.30. The highest BCUT2D eigenvalue weighted by Crippen LogP contribution is 2.39. The van der Waals surface area contributed by atoms with Crippen molar-refractivity contribution in [1.82, 2.24) is 4.98 Å². The third-order valence-corrected chi connectivity index (χ3v) is 3.69. The van der Waals surface area contributed by atoms with E-state index in [2.05, 4.69) is 38.9 Å². The van der Waals surface area contributed by atoms with Crippen molar-refractivity contribution in [2.75, 3.05) is 18.6 Å². The molecular formula is C14H13BrN2O. The fourth-order valence-electron chi connectivity index (χ4n) is 2.20. The van der Waals surface area contributed by atoms with Crippen LogP contribution in [-0.2, 0) is 0 Å². The molecule has 2 aromatic rings. The molecule has 0 amide bonds. The molecule has 3 nitrogen and oxygen atoms in total. The number of nitrogens with zero attached hydrogens (tertiary/aromatic N) is 2. The average Bonchev–Trinajstić information content (AvgIpc) is 2.40. The van der Waals surface area contributed by atoms with Crippen molar-refractivity contribution >= 4 is 21.6 Å². The van der Waals surface area contributed by atoms with Gasteiger partial charge in [-0.3, -0.25) is 4.98 Å². The maximum Gasteiger partial charge on any atom is 0.143 e. The molecule has 0 radical (unpaired) electrons. The number of rotatable bonds is 1. The first-order chi connectivity index (χ1) is 8.75. The summed E-state index contributed by atoms with van der Waals surface area (Å²) in [4.78, 5) is 6.63. The minimum Gasteiger partial charge on any atom is -0.489 e. The molecule has 3 rings (SSSR count). The van der Waals surface area contributed by atoms with Crippen LogP contribution in [0.15, 0.2) is 47.1 Å². The number of pyridine rings is 1. The van der Waals surface area contributed by atoms with Crippen LogP contribution in [0.5, 0.6) is 5.75 Å². The number of hydrogen-bond donors (Lipinski definition) is 0. The molecule has 1 aromatic heterocycles. The Labute approximate surface area is 115 Å². The van der Waals surface area contributed by atoms with Crippen LogP contribution in [0.3, 0.4) is 0 Å². The molecule has 1 aliphatic rings. The lowest BCUT2D eigenvalue weighted by Crippen LogP contribution is -2.33. The van der Waals surface area contributed by atoms with Gasteiger partial charge in [0, 0.05) is 17.7 Å². The van der Waals surface area contributed by atoms with Crippen LogP contribution in [0.2, 0.25) is 0 Å². The van der Waals surface area contributed by atoms with E-state index in [1.54, 1.807) is 0 Å². The van der Waals surface area contributed by atoms with Gasteiger partial charge < -0.3 is 9.64 Å². The Morgan fingerprint density at radius 1 is 1.33 bits per heavy atom. The second kappa shape index (κ2) is 4.61. The number of halogens is 1. The highest BCUT2D eigenvalue weighted by molar-refractivity contribution is 9.10. The summed E-state index contributed by atoms with van der Waals surface area (Å²) in [6.07, 6.45) is 1.82. The fourth-order valence-corrected chi connectivity index (χ4v) is 2.54. The molecule has 0 saturated carbocycles. The lowest BCUT2D eigenvalue weighted by molar-refractivity contribution is 0.266. The third-order valence-electron chi connectivity index (χ3n) is 3.20. The molecule has 0 saturated heterocycles. The minimum atomic E-state index is 0.167. The zero-order valence-electron chi connectivity index (χ0n) is 10.0. The van der Waals surface area contributed by atoms with Gasteiger partial charge in [-0.1, -0.05) is 22.0 Å². The predicted octanol–water partition coefficient (Wildman–Crippen LogP) is 3.41. The lowest BCUT2D eigenvalue weighted by Gasteiger charge is -2.35. The van der Waals surface area contributed by atoms with Crippen LogP contribution in [0.1, 0.15) is 11.7 Å². The van der Waals surface area contributed by atoms with Gasteiger partial charge in [-0.25, -0.2) is 0 Å². The Kier molecular flexibility index (Phi) is 2.96. The maximum atomic E-state index is 5.83. The molecule has 1 aromatic carbocycles. The molecule has 92 valence electrons. The molecule has 0 N–H and O–H groups in total. The van der Waals surface area contributed by atoms with E-state index in [1.807, 2.05) is 36.5 Å². The van der Waals surface area contributed by atoms with Crippen molar-refractivity contribution in [3.05, 3.63) is 52.8 Å². The van der Waals surface area contributed by atoms with E-state index in [4.69, 9.17) is 4.74 Å². The van der Waals surface area contributed by atoms with Gasteiger partial charge in [-0.05, 0) is 30.3 Å². The highest BCUT2D eigenvalue weighted by atomic mass is 79.9. The van der Waals surface area contributed by atoms with Gasteiger partial charge >= 0.3 is 0 Å². The van der Waals surface area contributed by atoms with Crippen LogP contribution in [0, 0.1) is 0 Å². The van der Waals surface area contributed by atoms with E-state index in [9.17, 15) is 0 Å². The number of benzene rings is 1. The molecule has 0 aliphatic carbocycles. The van der Waals surface area contributed by atoms with Crippen molar-refractivity contribution < 1.29 is 4.74 Å². The molecule has 1 unspecified atom stereocenters. The van der Waals surface area contributed by atoms with Gasteiger partial charge in [-0.2, -0.15) is 0 Å². The van der Waals surface area contributed by atoms with Crippen molar-refractivity contribution in [2.45, 2.75) is 6.04 Å². The Morgan fingerprint density at radius 3 is 3.00 bits per heavy atom. The maximum absolute atomic E-state index is 5.83. The Bertz CT molecular complexity index is 559. The van der Waals surface area contributed by atoms with Gasteiger partial charge in [0.1, 0.15) is 18.4 Å². The second-order valence-corrected chi connectivity index (χ2v) is 5.22. The van der Waals surface area contributed by atoms with Crippen LogP contribution in [0.4, 0.5) is 5.69 Å². The summed E-state index contributed by atoms with van der Waals surface area (Å²) in [5, 5.41) is 0. The summed E-state index contributed by atoms with van der Waals surface area (Å²) in [5.41, 5.74) is 2.13. The molecule has 4 heteroatoms. The van der Waals surface area contributed by atoms with Gasteiger partial charge in [0.15, 0.2) is 0 Å². The number of anilines is 1. The quantitative estimate of drug-likeness (QED) is 0.807. The highest BCUT2D eigenvalue weighted by Gasteiger charge is 2.26. The average molecular weight is 305 g/mol. The number of ether oxygens (including phenoxy) is 1. The molecule has 18 heavy (non-hydrogen) atoms. The van der Waals surface area contributed by atoms with Crippen molar-refractivity contribution in [3.8, 4) is 5.75 Å². The summed E-state index contributed by atoms with van der Waals surface area (Å²) in [6, 6.07) is 12.2. The number of fused-ring (bicyclic) bond motifs is 1. The van der Waals surface area contributed by atoms with E-state index in [1.165, 1.54) is 0 Å². The Balaban J connectivity index is 1.97. The van der Waals surface area contributed by atoms with Gasteiger partial charge in [0.05, 0.1) is 11.4 Å². The SMILES string of the molecule is CN1c2ccc(Br)cc2OCC1c1ccccn1. The Hall–Kier alpha value is -1.55. The van der Waals surface area contributed by atoms with E-state index >= 15 is 0 Å². The number of hydrogen-bond acceptors (Lipinski definition) is 3. The fraction of sp³-hybridized carbons (Fsp3) is 0.214. The molecule has 0 fully saturated rings. The molecular weight excluding hydrogens is 292 g/mol. The lowest BCUT2D eigenvalue weighted by atomic mass is 10.1. The summed E-state index contributed by atoms with van der Waals surface area (Å²) in [5.74, 6) is 0.916. The molecule has 1 atom stereocenters. The number of aromatic nitrogens is 1. The van der Waals surface area contributed by atoms with Gasteiger partial charge in [0.2, 0.25) is 0 Å². The first-order valence-electron chi connectivity index (χ1n) is 5.82. The van der Waals surface area contributed by atoms with Crippen LogP contribution >= 0.6 is 15.9 Å². The zero-order chi connectivity index (χ0) is 12.5. The monoisotopic (exact) mass is 304 g/mol. The predicted molar refractivity (Wildman–Crippen MR) is 75.0 cm³/mol. The first kappa shape index (κ1) is 11.5. The summed E-state index contributed by atoms with van der Waals surface area (Å²) >= 11 is 3.46. The van der Waals surface area contributed by atoms with E-state index < -0.39 is 0 Å². The van der Waals surface area contributed by atoms with E-state index in [0.717, 1.165) is 21.6 Å². The standard InChI is InChI=1S/C14H13BrN2O/c1-17-12-6-5-10(15)8-14(12)18-9-13(17)11-4-2-3-7-16-11/h2-8,13H,9H2,1H3. The largest absolute Gasteiger partial charge is 0.489 e. The summed E-state index contributed by atoms with van der Waals surface area (Å²) in [6.45, 7) is 0.622. The normalized spacial score (nSPS) is 18.1. The van der Waals surface area contributed by atoms with Crippen molar-refractivity contribution in [1.29, 1.82) is 0 Å². The summed E-state index contributed by atoms with van der Waals surface area (Å²) < 4.78 is 6.86. The molecule has 0 spiro atoms. The topological polar surface area (TPSA) is 25.4 Å². The summed E-state index contributed by atoms with van der Waals surface area (Å²) in [7, 11) is 2.08. The van der Waals surface area contributed by atoms with Crippen LogP contribution in [-0.4, -0.2) is 18.6 Å². The molecule has 0 bridgehead atoms. The van der Waals surface area contributed by atoms with Crippen LogP contribution < -0.4 is 9.64 Å². The smallest absolute Gasteiger partial charge is 0.143 e. The van der Waals surface area contributed by atoms with Crippen molar-refractivity contribution in [2.24, 2.45) is 0 Å². The van der Waals surface area contributed by atoms with Gasteiger partial charge in [-0.15, -0.1) is 0 Å². The van der Waals surface area contributed by atoms with Gasteiger partial charge in [0.25, 0.3) is 0 Å². The molecule has 1 aliphatic heterocycles. The molecule has 2 heterocycles. The van der Waals surface area contributed by atoms with Crippen LogP contribution in [0.25, 0.3) is 0 Å².